The smallest absolute Gasteiger partial charge is 0.251 e. The zero-order chi connectivity index (χ0) is 14.4. The largest absolute Gasteiger partial charge is 0.397 e. The molecule has 0 aromatic heterocycles. The van der Waals surface area contributed by atoms with Gasteiger partial charge in [-0.2, -0.15) is 0 Å². The number of carbonyl (C=O) groups is 2. The Morgan fingerprint density at radius 2 is 2.05 bits per heavy atom. The summed E-state index contributed by atoms with van der Waals surface area (Å²) in [5.41, 5.74) is 7.37. The Kier molecular flexibility index (Phi) is 5.17. The van der Waals surface area contributed by atoms with E-state index in [0.717, 1.165) is 0 Å². The van der Waals surface area contributed by atoms with Crippen LogP contribution in [0.4, 0.5) is 11.4 Å². The van der Waals surface area contributed by atoms with E-state index in [1.165, 1.54) is 0 Å². The predicted molar refractivity (Wildman–Crippen MR) is 76.0 cm³/mol. The fraction of sp³-hybridized carbons (Fsp3) is 0.385. The minimum atomic E-state index is -0.429. The summed E-state index contributed by atoms with van der Waals surface area (Å²) in [7, 11) is 1.56. The van der Waals surface area contributed by atoms with Crippen molar-refractivity contribution in [3.63, 3.8) is 0 Å². The van der Waals surface area contributed by atoms with Crippen LogP contribution in [0.25, 0.3) is 0 Å². The Balaban J connectivity index is 2.88. The lowest BCUT2D eigenvalue weighted by Crippen LogP contribution is -2.37. The number of nitrogens with one attached hydrogen (secondary N) is 3. The number of rotatable bonds is 5. The van der Waals surface area contributed by atoms with Gasteiger partial charge in [0.15, 0.2) is 0 Å². The molecule has 6 heteroatoms. The molecule has 1 aromatic carbocycles. The zero-order valence-corrected chi connectivity index (χ0v) is 11.4. The lowest BCUT2D eigenvalue weighted by Gasteiger charge is -2.16. The van der Waals surface area contributed by atoms with Crippen molar-refractivity contribution in [1.82, 2.24) is 10.6 Å². The molecular formula is C13H20N4O2. The second-order valence-corrected chi connectivity index (χ2v) is 4.14. The van der Waals surface area contributed by atoms with Gasteiger partial charge in [-0.15, -0.1) is 0 Å². The maximum Gasteiger partial charge on any atom is 0.251 e. The molecule has 0 fully saturated rings. The van der Waals surface area contributed by atoms with Crippen molar-refractivity contribution >= 4 is 23.2 Å². The molecule has 0 saturated carbocycles. The second kappa shape index (κ2) is 6.63. The molecule has 0 heterocycles. The van der Waals surface area contributed by atoms with Crippen molar-refractivity contribution in [2.45, 2.75) is 19.9 Å². The lowest BCUT2D eigenvalue weighted by molar-refractivity contribution is -0.121. The van der Waals surface area contributed by atoms with Crippen molar-refractivity contribution in [3.05, 3.63) is 23.8 Å². The molecule has 19 heavy (non-hydrogen) atoms. The molecule has 1 aromatic rings. The average molecular weight is 264 g/mol. The van der Waals surface area contributed by atoms with Crippen molar-refractivity contribution in [3.8, 4) is 0 Å². The molecule has 0 aliphatic rings. The van der Waals surface area contributed by atoms with Gasteiger partial charge < -0.3 is 21.7 Å². The van der Waals surface area contributed by atoms with Gasteiger partial charge >= 0.3 is 0 Å². The number of carbonyl (C=O) groups excluding carboxylic acids is 2. The van der Waals surface area contributed by atoms with Gasteiger partial charge in [-0.3, -0.25) is 9.59 Å². The molecule has 104 valence electrons. The number of anilines is 2. The summed E-state index contributed by atoms with van der Waals surface area (Å²) in [6.45, 7) is 4.15. The molecule has 2 amide bonds. The Morgan fingerprint density at radius 1 is 1.37 bits per heavy atom. The highest BCUT2D eigenvalue weighted by molar-refractivity contribution is 5.96. The lowest BCUT2D eigenvalue weighted by atomic mass is 10.1. The molecule has 0 spiro atoms. The standard InChI is InChI=1S/C13H20N4O2/c1-4-16-12(18)8(2)17-11-7-9(13(19)15-3)5-6-10(11)14/h5-8,17H,4,14H2,1-3H3,(H,15,19)(H,16,18). The first kappa shape index (κ1) is 14.8. The Morgan fingerprint density at radius 3 is 2.63 bits per heavy atom. The monoisotopic (exact) mass is 264 g/mol. The van der Waals surface area contributed by atoms with E-state index in [-0.39, 0.29) is 11.8 Å². The van der Waals surface area contributed by atoms with E-state index in [0.29, 0.717) is 23.5 Å². The van der Waals surface area contributed by atoms with E-state index in [4.69, 9.17) is 5.73 Å². The number of amides is 2. The number of nitrogen functional groups attached to an aromatic ring is 1. The first-order valence-electron chi connectivity index (χ1n) is 6.15. The molecular weight excluding hydrogens is 244 g/mol. The molecule has 0 radical (unpaired) electrons. The third kappa shape index (κ3) is 3.87. The molecule has 0 aliphatic carbocycles. The third-order valence-electron chi connectivity index (χ3n) is 2.66. The minimum Gasteiger partial charge on any atom is -0.397 e. The van der Waals surface area contributed by atoms with Gasteiger partial charge in [-0.1, -0.05) is 0 Å². The summed E-state index contributed by atoms with van der Waals surface area (Å²) < 4.78 is 0. The second-order valence-electron chi connectivity index (χ2n) is 4.14. The highest BCUT2D eigenvalue weighted by atomic mass is 16.2. The maximum atomic E-state index is 11.6. The van der Waals surface area contributed by atoms with E-state index in [1.807, 2.05) is 6.92 Å². The molecule has 6 nitrogen and oxygen atoms in total. The van der Waals surface area contributed by atoms with Crippen molar-refractivity contribution in [2.24, 2.45) is 0 Å². The fourth-order valence-electron chi connectivity index (χ4n) is 1.59. The highest BCUT2D eigenvalue weighted by Gasteiger charge is 2.14. The van der Waals surface area contributed by atoms with E-state index >= 15 is 0 Å². The van der Waals surface area contributed by atoms with Crippen LogP contribution in [-0.4, -0.2) is 31.4 Å². The summed E-state index contributed by atoms with van der Waals surface area (Å²) in [5, 5.41) is 8.25. The molecule has 1 rings (SSSR count). The summed E-state index contributed by atoms with van der Waals surface area (Å²) in [4.78, 5) is 23.2. The van der Waals surface area contributed by atoms with Gasteiger partial charge in [0.2, 0.25) is 5.91 Å². The fourth-order valence-corrected chi connectivity index (χ4v) is 1.59. The quantitative estimate of drug-likeness (QED) is 0.584. The van der Waals surface area contributed by atoms with Crippen LogP contribution in [0.2, 0.25) is 0 Å². The van der Waals surface area contributed by atoms with Crippen LogP contribution < -0.4 is 21.7 Å². The van der Waals surface area contributed by atoms with Crippen LogP contribution in [-0.2, 0) is 4.79 Å². The van der Waals surface area contributed by atoms with Gasteiger partial charge in [-0.25, -0.2) is 0 Å². The average Bonchev–Trinajstić information content (AvgIpc) is 2.40. The Hall–Kier alpha value is -2.24. The van der Waals surface area contributed by atoms with E-state index in [2.05, 4.69) is 16.0 Å². The van der Waals surface area contributed by atoms with Gasteiger partial charge in [0.1, 0.15) is 6.04 Å². The third-order valence-corrected chi connectivity index (χ3v) is 2.66. The zero-order valence-electron chi connectivity index (χ0n) is 11.4. The van der Waals surface area contributed by atoms with E-state index in [9.17, 15) is 9.59 Å². The van der Waals surface area contributed by atoms with Crippen LogP contribution in [0.3, 0.4) is 0 Å². The number of benzene rings is 1. The van der Waals surface area contributed by atoms with Crippen molar-refractivity contribution in [1.29, 1.82) is 0 Å². The van der Waals surface area contributed by atoms with Crippen molar-refractivity contribution in [2.75, 3.05) is 24.6 Å². The predicted octanol–water partition coefficient (Wildman–Crippen LogP) is 0.565. The summed E-state index contributed by atoms with van der Waals surface area (Å²) in [5.74, 6) is -0.319. The minimum absolute atomic E-state index is 0.118. The summed E-state index contributed by atoms with van der Waals surface area (Å²) >= 11 is 0. The number of nitrogens with two attached hydrogens (primary N) is 1. The molecule has 0 aliphatic heterocycles. The summed E-state index contributed by atoms with van der Waals surface area (Å²) in [6, 6.07) is 4.47. The normalized spacial score (nSPS) is 11.5. The topological polar surface area (TPSA) is 96.2 Å². The first-order valence-corrected chi connectivity index (χ1v) is 6.15. The van der Waals surface area contributed by atoms with Crippen LogP contribution in [0, 0.1) is 0 Å². The number of hydrogen-bond acceptors (Lipinski definition) is 4. The maximum absolute atomic E-state index is 11.6. The van der Waals surface area contributed by atoms with E-state index < -0.39 is 6.04 Å². The summed E-state index contributed by atoms with van der Waals surface area (Å²) in [6.07, 6.45) is 0. The van der Waals surface area contributed by atoms with Crippen molar-refractivity contribution < 1.29 is 9.59 Å². The molecule has 5 N–H and O–H groups in total. The Labute approximate surface area is 112 Å². The number of likely N-dealkylation sites (N-methyl/N-ethyl adjacent to an activating group) is 1. The molecule has 1 unspecified atom stereocenters. The van der Waals surface area contributed by atoms with Crippen LogP contribution in [0.1, 0.15) is 24.2 Å². The molecule has 0 saturated heterocycles. The Bertz CT molecular complexity index is 474. The SMILES string of the molecule is CCNC(=O)C(C)Nc1cc(C(=O)NC)ccc1N. The van der Waals surface area contributed by atoms with Gasteiger partial charge in [0, 0.05) is 19.2 Å². The first-order chi connectivity index (χ1) is 8.99. The van der Waals surface area contributed by atoms with Gasteiger partial charge in [-0.05, 0) is 32.0 Å². The molecule has 1 atom stereocenters. The van der Waals surface area contributed by atoms with E-state index in [1.54, 1.807) is 32.2 Å². The van der Waals surface area contributed by atoms with Crippen LogP contribution in [0.15, 0.2) is 18.2 Å². The van der Waals surface area contributed by atoms with Crippen LogP contribution >= 0.6 is 0 Å². The molecule has 0 bridgehead atoms. The number of hydrogen-bond donors (Lipinski definition) is 4. The van der Waals surface area contributed by atoms with Crippen LogP contribution in [0.5, 0.6) is 0 Å². The van der Waals surface area contributed by atoms with Gasteiger partial charge in [0.05, 0.1) is 11.4 Å². The highest BCUT2D eigenvalue weighted by Crippen LogP contribution is 2.20. The van der Waals surface area contributed by atoms with Gasteiger partial charge in [0.25, 0.3) is 5.91 Å².